The zero-order valence-corrected chi connectivity index (χ0v) is 10.6. The molecule has 18 heavy (non-hydrogen) atoms. The first-order chi connectivity index (χ1) is 8.59. The van der Waals surface area contributed by atoms with Gasteiger partial charge in [-0.1, -0.05) is 12.8 Å². The third-order valence-corrected chi connectivity index (χ3v) is 4.28. The second kappa shape index (κ2) is 5.69. The Balaban J connectivity index is 1.95. The first-order valence-electron chi connectivity index (χ1n) is 6.87. The maximum Gasteiger partial charge on any atom is 0.224 e. The molecule has 0 aromatic rings. The molecule has 5 nitrogen and oxygen atoms in total. The number of hydrogen-bond donors (Lipinski definition) is 3. The van der Waals surface area contributed by atoms with Gasteiger partial charge in [0, 0.05) is 11.8 Å². The molecule has 4 atom stereocenters. The zero-order chi connectivity index (χ0) is 13.1. The number of nitrogens with two attached hydrogens (primary N) is 1. The number of aliphatic hydroxyl groups excluding tert-OH is 1. The third kappa shape index (κ3) is 2.83. The topological polar surface area (TPSA) is 92.4 Å². The Morgan fingerprint density at radius 2 is 1.67 bits per heavy atom. The van der Waals surface area contributed by atoms with E-state index in [0.717, 1.165) is 38.5 Å². The molecule has 0 aliphatic heterocycles. The molecular formula is C13H22N2O3. The number of hydrogen-bond acceptors (Lipinski definition) is 3. The van der Waals surface area contributed by atoms with E-state index in [1.54, 1.807) is 0 Å². The van der Waals surface area contributed by atoms with Crippen molar-refractivity contribution in [2.24, 2.45) is 17.6 Å². The number of rotatable bonds is 3. The Labute approximate surface area is 107 Å². The average molecular weight is 254 g/mol. The maximum atomic E-state index is 12.2. The van der Waals surface area contributed by atoms with Crippen molar-refractivity contribution in [1.82, 2.24) is 5.32 Å². The minimum atomic E-state index is -0.440. The highest BCUT2D eigenvalue weighted by atomic mass is 16.3. The molecule has 0 bridgehead atoms. The van der Waals surface area contributed by atoms with Crippen molar-refractivity contribution in [3.8, 4) is 0 Å². The Morgan fingerprint density at radius 1 is 1.00 bits per heavy atom. The Bertz CT molecular complexity index is 332. The lowest BCUT2D eigenvalue weighted by Gasteiger charge is -2.29. The van der Waals surface area contributed by atoms with Crippen molar-refractivity contribution in [2.75, 3.05) is 0 Å². The summed E-state index contributed by atoms with van der Waals surface area (Å²) in [7, 11) is 0. The van der Waals surface area contributed by atoms with Crippen molar-refractivity contribution in [3.63, 3.8) is 0 Å². The lowest BCUT2D eigenvalue weighted by atomic mass is 9.78. The third-order valence-electron chi connectivity index (χ3n) is 4.28. The van der Waals surface area contributed by atoms with Crippen LogP contribution in [0.2, 0.25) is 0 Å². The molecule has 102 valence electrons. The molecule has 2 rings (SSSR count). The van der Waals surface area contributed by atoms with Gasteiger partial charge in [0.25, 0.3) is 0 Å². The summed E-state index contributed by atoms with van der Waals surface area (Å²) in [6, 6.07) is -0.145. The molecule has 0 spiro atoms. The Kier molecular flexibility index (Phi) is 4.22. The second-order valence-electron chi connectivity index (χ2n) is 5.51. The molecule has 2 saturated carbocycles. The van der Waals surface area contributed by atoms with E-state index in [2.05, 4.69) is 5.32 Å². The van der Waals surface area contributed by atoms with E-state index in [1.807, 2.05) is 0 Å². The first kappa shape index (κ1) is 13.3. The molecule has 0 aromatic heterocycles. The maximum absolute atomic E-state index is 12.2. The summed E-state index contributed by atoms with van der Waals surface area (Å²) in [5.41, 5.74) is 5.36. The van der Waals surface area contributed by atoms with Crippen molar-refractivity contribution < 1.29 is 14.7 Å². The van der Waals surface area contributed by atoms with Gasteiger partial charge in [0.2, 0.25) is 11.8 Å². The average Bonchev–Trinajstić information content (AvgIpc) is 2.75. The quantitative estimate of drug-likeness (QED) is 0.676. The van der Waals surface area contributed by atoms with Crippen LogP contribution in [0.15, 0.2) is 0 Å². The minimum Gasteiger partial charge on any atom is -0.391 e. The van der Waals surface area contributed by atoms with Gasteiger partial charge in [0.15, 0.2) is 0 Å². The predicted octanol–water partition coefficient (Wildman–Crippen LogP) is 0.308. The molecule has 2 fully saturated rings. The standard InChI is InChI=1S/C13H22N2O3/c14-12(17)8-4-1-2-5-9(8)13(18)15-10-6-3-7-11(10)16/h8-11,16H,1-7H2,(H2,14,17)(H,15,18)/t8-,9+,10?,11?/m0/s1. The molecule has 0 radical (unpaired) electrons. The molecule has 4 N–H and O–H groups in total. The van der Waals surface area contributed by atoms with Crippen molar-refractivity contribution in [2.45, 2.75) is 57.1 Å². The SMILES string of the molecule is NC(=O)[C@H]1CCCC[C@H]1C(=O)NC1CCCC1O. The van der Waals surface area contributed by atoms with Gasteiger partial charge in [-0.3, -0.25) is 9.59 Å². The van der Waals surface area contributed by atoms with Gasteiger partial charge in [0.05, 0.1) is 12.1 Å². The lowest BCUT2D eigenvalue weighted by Crippen LogP contribution is -2.47. The van der Waals surface area contributed by atoms with Crippen molar-refractivity contribution in [3.05, 3.63) is 0 Å². The fourth-order valence-electron chi connectivity index (χ4n) is 3.18. The van der Waals surface area contributed by atoms with Crippen LogP contribution in [-0.4, -0.2) is 29.1 Å². The van der Waals surface area contributed by atoms with Crippen LogP contribution in [0, 0.1) is 11.8 Å². The summed E-state index contributed by atoms with van der Waals surface area (Å²) in [4.78, 5) is 23.5. The summed E-state index contributed by atoms with van der Waals surface area (Å²) in [5, 5.41) is 12.6. The normalized spacial score (nSPS) is 36.3. The monoisotopic (exact) mass is 254 g/mol. The highest BCUT2D eigenvalue weighted by molar-refractivity contribution is 5.87. The minimum absolute atomic E-state index is 0.107. The molecule has 2 unspecified atom stereocenters. The highest BCUT2D eigenvalue weighted by Gasteiger charge is 2.36. The Morgan fingerprint density at radius 3 is 2.22 bits per heavy atom. The Hall–Kier alpha value is -1.10. The molecule has 5 heteroatoms. The van der Waals surface area contributed by atoms with E-state index in [0.29, 0.717) is 6.42 Å². The van der Waals surface area contributed by atoms with Gasteiger partial charge in [-0.05, 0) is 32.1 Å². The van der Waals surface area contributed by atoms with Gasteiger partial charge in [-0.15, -0.1) is 0 Å². The van der Waals surface area contributed by atoms with Crippen LogP contribution in [-0.2, 0) is 9.59 Å². The number of nitrogens with one attached hydrogen (secondary N) is 1. The molecule has 2 amide bonds. The molecule has 0 saturated heterocycles. The summed E-state index contributed by atoms with van der Waals surface area (Å²) < 4.78 is 0. The number of carbonyl (C=O) groups is 2. The van der Waals surface area contributed by atoms with Crippen LogP contribution < -0.4 is 11.1 Å². The van der Waals surface area contributed by atoms with Crippen LogP contribution in [0.4, 0.5) is 0 Å². The van der Waals surface area contributed by atoms with E-state index in [-0.39, 0.29) is 29.7 Å². The molecule has 0 heterocycles. The number of primary amides is 1. The van der Waals surface area contributed by atoms with Gasteiger partial charge in [-0.25, -0.2) is 0 Å². The first-order valence-corrected chi connectivity index (χ1v) is 6.87. The summed E-state index contributed by atoms with van der Waals surface area (Å²) >= 11 is 0. The summed E-state index contributed by atoms with van der Waals surface area (Å²) in [6.07, 6.45) is 5.43. The summed E-state index contributed by atoms with van der Waals surface area (Å²) in [6.45, 7) is 0. The van der Waals surface area contributed by atoms with Crippen LogP contribution in [0.25, 0.3) is 0 Å². The fourth-order valence-corrected chi connectivity index (χ4v) is 3.18. The molecule has 2 aliphatic carbocycles. The van der Waals surface area contributed by atoms with E-state index < -0.39 is 6.10 Å². The van der Waals surface area contributed by atoms with E-state index in [4.69, 9.17) is 5.73 Å². The zero-order valence-electron chi connectivity index (χ0n) is 10.6. The van der Waals surface area contributed by atoms with Crippen LogP contribution >= 0.6 is 0 Å². The van der Waals surface area contributed by atoms with Crippen molar-refractivity contribution in [1.29, 1.82) is 0 Å². The summed E-state index contributed by atoms with van der Waals surface area (Å²) in [5.74, 6) is -1.12. The molecule has 0 aromatic carbocycles. The van der Waals surface area contributed by atoms with Crippen LogP contribution in [0.1, 0.15) is 44.9 Å². The van der Waals surface area contributed by atoms with Crippen LogP contribution in [0.5, 0.6) is 0 Å². The second-order valence-corrected chi connectivity index (χ2v) is 5.51. The molecule has 2 aliphatic rings. The molecular weight excluding hydrogens is 232 g/mol. The largest absolute Gasteiger partial charge is 0.391 e. The smallest absolute Gasteiger partial charge is 0.224 e. The van der Waals surface area contributed by atoms with Gasteiger partial charge < -0.3 is 16.2 Å². The fraction of sp³-hybridized carbons (Fsp3) is 0.846. The van der Waals surface area contributed by atoms with E-state index in [9.17, 15) is 14.7 Å². The number of carbonyl (C=O) groups excluding carboxylic acids is 2. The van der Waals surface area contributed by atoms with Crippen LogP contribution in [0.3, 0.4) is 0 Å². The van der Waals surface area contributed by atoms with Crippen molar-refractivity contribution >= 4 is 11.8 Å². The van der Waals surface area contributed by atoms with E-state index in [1.165, 1.54) is 0 Å². The van der Waals surface area contributed by atoms with Gasteiger partial charge in [-0.2, -0.15) is 0 Å². The number of aliphatic hydroxyl groups is 1. The number of amides is 2. The predicted molar refractivity (Wildman–Crippen MR) is 66.4 cm³/mol. The highest BCUT2D eigenvalue weighted by Crippen LogP contribution is 2.30. The lowest BCUT2D eigenvalue weighted by molar-refractivity contribution is -0.135. The van der Waals surface area contributed by atoms with Gasteiger partial charge in [0.1, 0.15) is 0 Å². The van der Waals surface area contributed by atoms with E-state index >= 15 is 0 Å². The van der Waals surface area contributed by atoms with Gasteiger partial charge >= 0.3 is 0 Å².